The number of fused-ring (bicyclic) bond motifs is 2. The van der Waals surface area contributed by atoms with Crippen LogP contribution in [0.5, 0.6) is 0 Å². The van der Waals surface area contributed by atoms with Crippen molar-refractivity contribution in [3.63, 3.8) is 0 Å². The summed E-state index contributed by atoms with van der Waals surface area (Å²) in [4.78, 5) is 26.0. The van der Waals surface area contributed by atoms with E-state index in [1.54, 1.807) is 6.92 Å². The van der Waals surface area contributed by atoms with Gasteiger partial charge in [0, 0.05) is 37.5 Å². The molecule has 0 spiro atoms. The third kappa shape index (κ3) is 4.68. The van der Waals surface area contributed by atoms with Gasteiger partial charge in [0.05, 0.1) is 12.6 Å². The molecule has 24 heavy (non-hydrogen) atoms. The zero-order valence-electron chi connectivity index (χ0n) is 14.8. The standard InChI is InChI=1S/C18H27NO5/c1-11(2)5-17(21)24-16-8-13-7-14(9-15(16)19(13)4)23-18(22)6-12(3)10-20/h5-6,13-16,20H,7-10H2,1-4H3/b12-6+/t13?,14-,15?,16-/m1/s1. The zero-order valence-corrected chi connectivity index (χ0v) is 14.8. The Labute approximate surface area is 143 Å². The largest absolute Gasteiger partial charge is 0.459 e. The van der Waals surface area contributed by atoms with Gasteiger partial charge in [0.15, 0.2) is 0 Å². The molecule has 0 aliphatic carbocycles. The van der Waals surface area contributed by atoms with Gasteiger partial charge in [0.2, 0.25) is 0 Å². The van der Waals surface area contributed by atoms with Crippen LogP contribution in [0, 0.1) is 0 Å². The highest BCUT2D eigenvalue weighted by molar-refractivity contribution is 5.83. The Kier molecular flexibility index (Phi) is 6.18. The lowest BCUT2D eigenvalue weighted by atomic mass is 10.0. The van der Waals surface area contributed by atoms with Crippen LogP contribution in [-0.4, -0.2) is 59.9 Å². The maximum atomic E-state index is 11.9. The summed E-state index contributed by atoms with van der Waals surface area (Å²) < 4.78 is 11.1. The highest BCUT2D eigenvalue weighted by Gasteiger charge is 2.47. The molecule has 2 rings (SSSR count). The number of hydrogen-bond donors (Lipinski definition) is 1. The molecule has 0 aromatic rings. The van der Waals surface area contributed by atoms with Gasteiger partial charge < -0.3 is 14.6 Å². The molecule has 6 nitrogen and oxygen atoms in total. The average molecular weight is 337 g/mol. The number of likely N-dealkylation sites (N-methyl/N-ethyl adjacent to an activating group) is 1. The van der Waals surface area contributed by atoms with E-state index < -0.39 is 5.97 Å². The van der Waals surface area contributed by atoms with Gasteiger partial charge in [0.1, 0.15) is 12.2 Å². The Morgan fingerprint density at radius 2 is 1.75 bits per heavy atom. The number of aliphatic hydroxyl groups is 1. The quantitative estimate of drug-likeness (QED) is 0.606. The van der Waals surface area contributed by atoms with Crippen LogP contribution in [0.4, 0.5) is 0 Å². The minimum atomic E-state index is -0.423. The minimum Gasteiger partial charge on any atom is -0.459 e. The molecular weight excluding hydrogens is 310 g/mol. The van der Waals surface area contributed by atoms with Crippen molar-refractivity contribution in [1.29, 1.82) is 0 Å². The first-order valence-corrected chi connectivity index (χ1v) is 8.36. The number of nitrogens with zero attached hydrogens (tertiary/aromatic N) is 1. The van der Waals surface area contributed by atoms with Crippen molar-refractivity contribution in [2.45, 2.75) is 64.3 Å². The Balaban J connectivity index is 1.96. The van der Waals surface area contributed by atoms with E-state index in [9.17, 15) is 9.59 Å². The van der Waals surface area contributed by atoms with E-state index in [2.05, 4.69) is 4.90 Å². The van der Waals surface area contributed by atoms with E-state index in [-0.39, 0.29) is 36.9 Å². The molecule has 2 unspecified atom stereocenters. The first kappa shape index (κ1) is 18.7. The molecule has 0 saturated carbocycles. The topological polar surface area (TPSA) is 76.1 Å². The van der Waals surface area contributed by atoms with Crippen LogP contribution in [0.1, 0.15) is 40.0 Å². The maximum Gasteiger partial charge on any atom is 0.331 e. The SMILES string of the molecule is CC(C)=CC(=O)O[C@@H]1CC2C[C@@H](OC(=O)/C=C(\C)CO)CC1N2C. The number of allylic oxidation sites excluding steroid dienone is 1. The predicted molar refractivity (Wildman–Crippen MR) is 89.2 cm³/mol. The fourth-order valence-electron chi connectivity index (χ4n) is 3.46. The molecule has 2 aliphatic rings. The van der Waals surface area contributed by atoms with E-state index in [0.29, 0.717) is 12.0 Å². The van der Waals surface area contributed by atoms with E-state index >= 15 is 0 Å². The number of rotatable bonds is 5. The predicted octanol–water partition coefficient (Wildman–Crippen LogP) is 1.58. The van der Waals surface area contributed by atoms with E-state index in [1.165, 1.54) is 12.2 Å². The van der Waals surface area contributed by atoms with Crippen LogP contribution < -0.4 is 0 Å². The second-order valence-corrected chi connectivity index (χ2v) is 7.00. The normalized spacial score (nSPS) is 30.0. The Bertz CT molecular complexity index is 550. The van der Waals surface area contributed by atoms with Gasteiger partial charge in [-0.2, -0.15) is 0 Å². The summed E-state index contributed by atoms with van der Waals surface area (Å²) in [5.74, 6) is -0.732. The third-order valence-corrected chi connectivity index (χ3v) is 4.64. The van der Waals surface area contributed by atoms with Crippen molar-refractivity contribution < 1.29 is 24.2 Å². The fourth-order valence-corrected chi connectivity index (χ4v) is 3.46. The van der Waals surface area contributed by atoms with E-state index in [1.807, 2.05) is 20.9 Å². The molecule has 2 aliphatic heterocycles. The van der Waals surface area contributed by atoms with Gasteiger partial charge in [-0.1, -0.05) is 5.57 Å². The number of esters is 2. The van der Waals surface area contributed by atoms with Gasteiger partial charge >= 0.3 is 11.9 Å². The van der Waals surface area contributed by atoms with Crippen LogP contribution in [0.25, 0.3) is 0 Å². The minimum absolute atomic E-state index is 0.0685. The van der Waals surface area contributed by atoms with Crippen molar-refractivity contribution in [3.05, 3.63) is 23.3 Å². The lowest BCUT2D eigenvalue weighted by Crippen LogP contribution is -2.46. The summed E-state index contributed by atoms with van der Waals surface area (Å²) in [6, 6.07) is 0.313. The van der Waals surface area contributed by atoms with Crippen molar-refractivity contribution in [1.82, 2.24) is 4.90 Å². The van der Waals surface area contributed by atoms with Gasteiger partial charge in [0.25, 0.3) is 0 Å². The summed E-state index contributed by atoms with van der Waals surface area (Å²) in [7, 11) is 2.03. The first-order valence-electron chi connectivity index (χ1n) is 8.36. The lowest BCUT2D eigenvalue weighted by molar-refractivity contribution is -0.150. The lowest BCUT2D eigenvalue weighted by Gasteiger charge is -2.36. The molecule has 134 valence electrons. The Hall–Kier alpha value is -1.66. The molecule has 6 heteroatoms. The maximum absolute atomic E-state index is 11.9. The summed E-state index contributed by atoms with van der Waals surface area (Å²) >= 11 is 0. The van der Waals surface area contributed by atoms with Crippen LogP contribution in [0.15, 0.2) is 23.3 Å². The number of piperidine rings is 1. The van der Waals surface area contributed by atoms with Crippen LogP contribution in [-0.2, 0) is 19.1 Å². The number of hydrogen-bond acceptors (Lipinski definition) is 6. The summed E-state index contributed by atoms with van der Waals surface area (Å²) in [5, 5.41) is 8.96. The highest BCUT2D eigenvalue weighted by Crippen LogP contribution is 2.37. The smallest absolute Gasteiger partial charge is 0.331 e. The number of carbonyl (C=O) groups is 2. The summed E-state index contributed by atoms with van der Waals surface area (Å²) in [6.45, 7) is 5.24. The number of aliphatic hydroxyl groups excluding tert-OH is 1. The number of carbonyl (C=O) groups excluding carboxylic acids is 2. The fraction of sp³-hybridized carbons (Fsp3) is 0.667. The van der Waals surface area contributed by atoms with Crippen LogP contribution in [0.3, 0.4) is 0 Å². The molecule has 0 radical (unpaired) electrons. The summed E-state index contributed by atoms with van der Waals surface area (Å²) in [6.07, 6.45) is 4.64. The number of ether oxygens (including phenoxy) is 2. The van der Waals surface area contributed by atoms with Gasteiger partial charge in [-0.3, -0.25) is 4.90 Å². The van der Waals surface area contributed by atoms with Crippen molar-refractivity contribution in [2.24, 2.45) is 0 Å². The van der Waals surface area contributed by atoms with Gasteiger partial charge in [-0.25, -0.2) is 9.59 Å². The molecule has 2 bridgehead atoms. The second-order valence-electron chi connectivity index (χ2n) is 7.00. The Morgan fingerprint density at radius 1 is 1.08 bits per heavy atom. The van der Waals surface area contributed by atoms with Gasteiger partial charge in [-0.05, 0) is 33.4 Å². The van der Waals surface area contributed by atoms with Crippen molar-refractivity contribution in [3.8, 4) is 0 Å². The van der Waals surface area contributed by atoms with E-state index in [0.717, 1.165) is 18.4 Å². The van der Waals surface area contributed by atoms with Crippen molar-refractivity contribution >= 4 is 11.9 Å². The molecule has 1 N–H and O–H groups in total. The first-order chi connectivity index (χ1) is 11.3. The molecule has 0 aromatic carbocycles. The molecule has 0 aromatic heterocycles. The van der Waals surface area contributed by atoms with Crippen LogP contribution in [0.2, 0.25) is 0 Å². The molecule has 0 amide bonds. The molecule has 2 saturated heterocycles. The third-order valence-electron chi connectivity index (χ3n) is 4.64. The Morgan fingerprint density at radius 3 is 2.38 bits per heavy atom. The molecular formula is C18H27NO5. The average Bonchev–Trinajstić information content (AvgIpc) is 2.66. The van der Waals surface area contributed by atoms with Crippen LogP contribution >= 0.6 is 0 Å². The zero-order chi connectivity index (χ0) is 17.9. The molecule has 4 atom stereocenters. The van der Waals surface area contributed by atoms with Gasteiger partial charge in [-0.15, -0.1) is 0 Å². The van der Waals surface area contributed by atoms with Crippen molar-refractivity contribution in [2.75, 3.05) is 13.7 Å². The molecule has 2 fully saturated rings. The van der Waals surface area contributed by atoms with E-state index in [4.69, 9.17) is 14.6 Å². The summed E-state index contributed by atoms with van der Waals surface area (Å²) in [5.41, 5.74) is 1.48. The monoisotopic (exact) mass is 337 g/mol. The highest BCUT2D eigenvalue weighted by atomic mass is 16.6. The molecule has 2 heterocycles. The second kappa shape index (κ2) is 7.94.